The highest BCUT2D eigenvalue weighted by molar-refractivity contribution is 9.10. The summed E-state index contributed by atoms with van der Waals surface area (Å²) in [5.41, 5.74) is 1.61. The van der Waals surface area contributed by atoms with Crippen LogP contribution in [-0.2, 0) is 4.74 Å². The number of nitrogens with zero attached hydrogens (tertiary/aromatic N) is 3. The van der Waals surface area contributed by atoms with E-state index in [2.05, 4.69) is 20.8 Å². The molecule has 154 valence electrons. The topological polar surface area (TPSA) is 45.7 Å². The van der Waals surface area contributed by atoms with Crippen molar-refractivity contribution in [2.75, 3.05) is 44.3 Å². The molecule has 2 aromatic carbocycles. The lowest BCUT2D eigenvalue weighted by Gasteiger charge is -2.27. The predicted octanol–water partition coefficient (Wildman–Crippen LogP) is 4.85. The van der Waals surface area contributed by atoms with Crippen molar-refractivity contribution < 1.29 is 9.53 Å². The molecule has 1 aliphatic heterocycles. The molecule has 1 fully saturated rings. The molecule has 4 rings (SSSR count). The van der Waals surface area contributed by atoms with Crippen LogP contribution in [-0.4, -0.2) is 55.2 Å². The van der Waals surface area contributed by atoms with Gasteiger partial charge in [-0.2, -0.15) is 0 Å². The van der Waals surface area contributed by atoms with Crippen molar-refractivity contribution >= 4 is 60.9 Å². The molecule has 3 aromatic rings. The van der Waals surface area contributed by atoms with E-state index in [0.29, 0.717) is 12.1 Å². The van der Waals surface area contributed by atoms with Gasteiger partial charge in [0, 0.05) is 36.2 Å². The summed E-state index contributed by atoms with van der Waals surface area (Å²) in [6.45, 7) is 5.10. The quantitative estimate of drug-likeness (QED) is 0.489. The van der Waals surface area contributed by atoms with Gasteiger partial charge >= 0.3 is 0 Å². The van der Waals surface area contributed by atoms with Gasteiger partial charge in [0.1, 0.15) is 0 Å². The van der Waals surface area contributed by atoms with Crippen molar-refractivity contribution in [2.24, 2.45) is 0 Å². The summed E-state index contributed by atoms with van der Waals surface area (Å²) >= 11 is 5.00. The molecule has 0 saturated carbocycles. The highest BCUT2D eigenvalue weighted by atomic mass is 79.9. The minimum Gasteiger partial charge on any atom is -0.379 e. The Morgan fingerprint density at radius 3 is 2.59 bits per heavy atom. The van der Waals surface area contributed by atoms with E-state index < -0.39 is 0 Å². The summed E-state index contributed by atoms with van der Waals surface area (Å²) in [6.07, 6.45) is 0.901. The number of morpholine rings is 1. The third kappa shape index (κ3) is 5.55. The van der Waals surface area contributed by atoms with Gasteiger partial charge < -0.3 is 4.74 Å². The molecule has 0 spiro atoms. The number of hydrogen-bond acceptors (Lipinski definition) is 5. The number of fused-ring (bicyclic) bond motifs is 1. The minimum absolute atomic E-state index is 0. The zero-order valence-corrected chi connectivity index (χ0v) is 19.1. The fourth-order valence-electron chi connectivity index (χ4n) is 3.29. The highest BCUT2D eigenvalue weighted by Crippen LogP contribution is 2.30. The van der Waals surface area contributed by atoms with E-state index in [0.717, 1.165) is 59.1 Å². The number of ether oxygens (including phenoxy) is 1. The van der Waals surface area contributed by atoms with Crippen molar-refractivity contribution in [3.05, 3.63) is 58.6 Å². The second-order valence-corrected chi connectivity index (χ2v) is 8.66. The lowest BCUT2D eigenvalue weighted by molar-refractivity contribution is 0.0376. The van der Waals surface area contributed by atoms with Gasteiger partial charge in [-0.15, -0.1) is 12.4 Å². The number of carbonyl (C=O) groups excluding carboxylic acids is 1. The highest BCUT2D eigenvalue weighted by Gasteiger charge is 2.21. The Morgan fingerprint density at radius 2 is 1.86 bits per heavy atom. The smallest absolute Gasteiger partial charge is 0.260 e. The molecule has 0 aliphatic carbocycles. The van der Waals surface area contributed by atoms with Gasteiger partial charge in [-0.05, 0) is 42.8 Å². The van der Waals surface area contributed by atoms with Crippen LogP contribution in [0.25, 0.3) is 10.2 Å². The number of benzene rings is 2. The van der Waals surface area contributed by atoms with Crippen molar-refractivity contribution in [1.29, 1.82) is 0 Å². The first-order chi connectivity index (χ1) is 13.7. The second kappa shape index (κ2) is 10.5. The molecule has 5 nitrogen and oxygen atoms in total. The second-order valence-electron chi connectivity index (χ2n) is 6.74. The summed E-state index contributed by atoms with van der Waals surface area (Å²) in [5.74, 6) is -0.00599. The van der Waals surface area contributed by atoms with Crippen LogP contribution >= 0.6 is 39.7 Å². The van der Waals surface area contributed by atoms with Crippen molar-refractivity contribution in [3.8, 4) is 0 Å². The zero-order valence-electron chi connectivity index (χ0n) is 15.9. The van der Waals surface area contributed by atoms with Gasteiger partial charge in [0.15, 0.2) is 5.13 Å². The fourth-order valence-corrected chi connectivity index (χ4v) is 4.54. The Labute approximate surface area is 189 Å². The maximum atomic E-state index is 13.3. The number of hydrogen-bond donors (Lipinski definition) is 0. The largest absolute Gasteiger partial charge is 0.379 e. The van der Waals surface area contributed by atoms with E-state index in [9.17, 15) is 4.79 Å². The Balaban J connectivity index is 0.00000240. The van der Waals surface area contributed by atoms with Gasteiger partial charge in [0.25, 0.3) is 5.91 Å². The van der Waals surface area contributed by atoms with Crippen molar-refractivity contribution in [3.63, 3.8) is 0 Å². The fraction of sp³-hybridized carbons (Fsp3) is 0.333. The van der Waals surface area contributed by atoms with Gasteiger partial charge in [-0.1, -0.05) is 39.4 Å². The number of aromatic nitrogens is 1. The Hall–Kier alpha value is -1.51. The van der Waals surface area contributed by atoms with Crippen LogP contribution in [0.1, 0.15) is 16.8 Å². The molecule has 1 saturated heterocycles. The Kier molecular flexibility index (Phi) is 8.03. The lowest BCUT2D eigenvalue weighted by atomic mass is 10.2. The molecule has 0 radical (unpaired) electrons. The molecule has 0 bridgehead atoms. The van der Waals surface area contributed by atoms with Gasteiger partial charge in [0.05, 0.1) is 23.4 Å². The summed E-state index contributed by atoms with van der Waals surface area (Å²) in [4.78, 5) is 22.2. The molecule has 0 unspecified atom stereocenters. The number of para-hydroxylation sites is 1. The maximum absolute atomic E-state index is 13.3. The number of amides is 1. The average Bonchev–Trinajstić information content (AvgIpc) is 3.16. The van der Waals surface area contributed by atoms with Crippen LogP contribution < -0.4 is 4.90 Å². The monoisotopic (exact) mass is 495 g/mol. The summed E-state index contributed by atoms with van der Waals surface area (Å²) in [5, 5.41) is 0.760. The van der Waals surface area contributed by atoms with Gasteiger partial charge in [0.2, 0.25) is 0 Å². The minimum atomic E-state index is -0.00599. The van der Waals surface area contributed by atoms with Crippen molar-refractivity contribution in [1.82, 2.24) is 9.88 Å². The summed E-state index contributed by atoms with van der Waals surface area (Å²) in [6, 6.07) is 15.5. The van der Waals surface area contributed by atoms with Gasteiger partial charge in [-0.3, -0.25) is 14.6 Å². The van der Waals surface area contributed by atoms with E-state index in [1.165, 1.54) is 0 Å². The third-order valence-corrected chi connectivity index (χ3v) is 6.40. The van der Waals surface area contributed by atoms with Gasteiger partial charge in [-0.25, -0.2) is 4.98 Å². The van der Waals surface area contributed by atoms with E-state index >= 15 is 0 Å². The van der Waals surface area contributed by atoms with E-state index in [-0.39, 0.29) is 18.3 Å². The van der Waals surface area contributed by atoms with E-state index in [4.69, 9.17) is 9.72 Å². The zero-order chi connectivity index (χ0) is 19.3. The van der Waals surface area contributed by atoms with Crippen LogP contribution in [0.3, 0.4) is 0 Å². The summed E-state index contributed by atoms with van der Waals surface area (Å²) in [7, 11) is 0. The molecule has 8 heteroatoms. The van der Waals surface area contributed by atoms with Crippen LogP contribution in [0.5, 0.6) is 0 Å². The number of rotatable bonds is 6. The standard InChI is InChI=1S/C21H22BrN3O2S.ClH/c22-17-8-6-16(7-9-17)20(26)25(11-3-10-24-12-14-27-15-13-24)21-23-18-4-1-2-5-19(18)28-21;/h1-2,4-9H,3,10-15H2;1H. The van der Waals surface area contributed by atoms with Crippen LogP contribution in [0, 0.1) is 0 Å². The number of halogens is 2. The van der Waals surface area contributed by atoms with E-state index in [1.807, 2.05) is 53.4 Å². The number of anilines is 1. The maximum Gasteiger partial charge on any atom is 0.260 e. The van der Waals surface area contributed by atoms with Crippen molar-refractivity contribution in [2.45, 2.75) is 6.42 Å². The predicted molar refractivity (Wildman–Crippen MR) is 125 cm³/mol. The molecule has 0 N–H and O–H groups in total. The van der Waals surface area contributed by atoms with Crippen LogP contribution in [0.4, 0.5) is 5.13 Å². The molecule has 2 heterocycles. The first-order valence-corrected chi connectivity index (χ1v) is 11.0. The molecular weight excluding hydrogens is 474 g/mol. The third-order valence-electron chi connectivity index (χ3n) is 4.81. The molecule has 29 heavy (non-hydrogen) atoms. The average molecular weight is 497 g/mol. The van der Waals surface area contributed by atoms with Crippen LogP contribution in [0.15, 0.2) is 53.0 Å². The first kappa shape index (κ1) is 22.2. The number of carbonyl (C=O) groups is 1. The van der Waals surface area contributed by atoms with E-state index in [1.54, 1.807) is 11.3 Å². The SMILES string of the molecule is Cl.O=C(c1ccc(Br)cc1)N(CCCN1CCOCC1)c1nc2ccccc2s1. The molecule has 1 aromatic heterocycles. The Morgan fingerprint density at radius 1 is 1.14 bits per heavy atom. The molecule has 1 aliphatic rings. The summed E-state index contributed by atoms with van der Waals surface area (Å²) < 4.78 is 7.48. The van der Waals surface area contributed by atoms with Crippen LogP contribution in [0.2, 0.25) is 0 Å². The number of thiazole rings is 1. The first-order valence-electron chi connectivity index (χ1n) is 9.44. The molecule has 0 atom stereocenters. The molecular formula is C21H23BrClN3O2S. The molecule has 1 amide bonds. The lowest BCUT2D eigenvalue weighted by Crippen LogP contribution is -2.39. The Bertz CT molecular complexity index is 912. The normalized spacial score (nSPS) is 14.5.